The average molecular weight is 372 g/mol. The SMILES string of the molecule is Cc1nocc1C(C)N[C@@H]1CCN(c2nc(C(=O)N(C)C)nc(C)c2C)C1. The molecular weight excluding hydrogens is 344 g/mol. The van der Waals surface area contributed by atoms with Crippen LogP contribution in [0.3, 0.4) is 0 Å². The van der Waals surface area contributed by atoms with Gasteiger partial charge in [-0.3, -0.25) is 4.79 Å². The molecule has 1 fully saturated rings. The molecule has 1 aliphatic heterocycles. The van der Waals surface area contributed by atoms with Gasteiger partial charge in [-0.1, -0.05) is 5.16 Å². The van der Waals surface area contributed by atoms with Crippen LogP contribution in [0.1, 0.15) is 52.5 Å². The van der Waals surface area contributed by atoms with Gasteiger partial charge in [0.1, 0.15) is 12.1 Å². The summed E-state index contributed by atoms with van der Waals surface area (Å²) < 4.78 is 5.05. The predicted octanol–water partition coefficient (Wildman–Crippen LogP) is 2.02. The molecule has 1 N–H and O–H groups in total. The third-order valence-electron chi connectivity index (χ3n) is 5.19. The van der Waals surface area contributed by atoms with Crippen LogP contribution in [0.15, 0.2) is 10.8 Å². The lowest BCUT2D eigenvalue weighted by Crippen LogP contribution is -2.35. The highest BCUT2D eigenvalue weighted by molar-refractivity contribution is 5.90. The van der Waals surface area contributed by atoms with E-state index in [1.165, 1.54) is 4.90 Å². The smallest absolute Gasteiger partial charge is 0.291 e. The number of hydrogen-bond donors (Lipinski definition) is 1. The summed E-state index contributed by atoms with van der Waals surface area (Å²) in [6.07, 6.45) is 2.71. The Morgan fingerprint density at radius 2 is 2.04 bits per heavy atom. The van der Waals surface area contributed by atoms with Gasteiger partial charge in [0.05, 0.1) is 5.69 Å². The number of nitrogens with one attached hydrogen (secondary N) is 1. The second-order valence-electron chi connectivity index (χ2n) is 7.46. The minimum Gasteiger partial charge on any atom is -0.364 e. The van der Waals surface area contributed by atoms with Crippen molar-refractivity contribution in [3.63, 3.8) is 0 Å². The van der Waals surface area contributed by atoms with Crippen molar-refractivity contribution in [2.24, 2.45) is 0 Å². The maximum Gasteiger partial charge on any atom is 0.291 e. The summed E-state index contributed by atoms with van der Waals surface area (Å²) in [4.78, 5) is 25.0. The van der Waals surface area contributed by atoms with Gasteiger partial charge in [0, 0.05) is 56.1 Å². The molecule has 2 aromatic heterocycles. The Morgan fingerprint density at radius 1 is 1.30 bits per heavy atom. The second-order valence-corrected chi connectivity index (χ2v) is 7.46. The lowest BCUT2D eigenvalue weighted by molar-refractivity contribution is 0.0815. The molecule has 3 heterocycles. The van der Waals surface area contributed by atoms with Gasteiger partial charge in [-0.2, -0.15) is 0 Å². The molecule has 2 aromatic rings. The zero-order valence-electron chi connectivity index (χ0n) is 16.9. The Labute approximate surface area is 159 Å². The lowest BCUT2D eigenvalue weighted by atomic mass is 10.1. The number of aromatic nitrogens is 3. The van der Waals surface area contributed by atoms with Crippen LogP contribution in [0.4, 0.5) is 5.82 Å². The van der Waals surface area contributed by atoms with E-state index in [9.17, 15) is 4.79 Å². The summed E-state index contributed by atoms with van der Waals surface area (Å²) in [5.74, 6) is 0.929. The summed E-state index contributed by atoms with van der Waals surface area (Å²) in [7, 11) is 3.43. The van der Waals surface area contributed by atoms with Gasteiger partial charge in [-0.15, -0.1) is 0 Å². The van der Waals surface area contributed by atoms with Crippen LogP contribution in [0.5, 0.6) is 0 Å². The molecule has 0 aliphatic carbocycles. The van der Waals surface area contributed by atoms with E-state index in [0.29, 0.717) is 6.04 Å². The fraction of sp³-hybridized carbons (Fsp3) is 0.579. The molecule has 0 saturated carbocycles. The fourth-order valence-corrected chi connectivity index (χ4v) is 3.46. The van der Waals surface area contributed by atoms with Gasteiger partial charge < -0.3 is 19.6 Å². The molecule has 27 heavy (non-hydrogen) atoms. The van der Waals surface area contributed by atoms with E-state index in [0.717, 1.165) is 47.8 Å². The molecule has 146 valence electrons. The molecule has 8 nitrogen and oxygen atoms in total. The van der Waals surface area contributed by atoms with Gasteiger partial charge in [-0.25, -0.2) is 9.97 Å². The highest BCUT2D eigenvalue weighted by atomic mass is 16.5. The van der Waals surface area contributed by atoms with E-state index < -0.39 is 0 Å². The quantitative estimate of drug-likeness (QED) is 0.859. The number of amides is 1. The van der Waals surface area contributed by atoms with Crippen molar-refractivity contribution in [2.75, 3.05) is 32.1 Å². The molecule has 2 atom stereocenters. The van der Waals surface area contributed by atoms with Crippen molar-refractivity contribution in [2.45, 2.75) is 46.2 Å². The minimum absolute atomic E-state index is 0.167. The van der Waals surface area contributed by atoms with Crippen LogP contribution in [0.2, 0.25) is 0 Å². The van der Waals surface area contributed by atoms with Gasteiger partial charge >= 0.3 is 0 Å². The van der Waals surface area contributed by atoms with E-state index in [2.05, 4.69) is 32.3 Å². The molecule has 0 bridgehead atoms. The molecule has 0 spiro atoms. The van der Waals surface area contributed by atoms with E-state index in [1.54, 1.807) is 20.4 Å². The highest BCUT2D eigenvalue weighted by Crippen LogP contribution is 2.26. The Kier molecular flexibility index (Phi) is 5.46. The molecule has 0 radical (unpaired) electrons. The second kappa shape index (κ2) is 7.64. The Balaban J connectivity index is 1.75. The topological polar surface area (TPSA) is 87.4 Å². The van der Waals surface area contributed by atoms with Gasteiger partial charge in [0.2, 0.25) is 5.82 Å². The van der Waals surface area contributed by atoms with Crippen molar-refractivity contribution in [1.82, 2.24) is 25.3 Å². The molecule has 1 unspecified atom stereocenters. The maximum atomic E-state index is 12.3. The van der Waals surface area contributed by atoms with Gasteiger partial charge in [-0.05, 0) is 34.1 Å². The van der Waals surface area contributed by atoms with E-state index >= 15 is 0 Å². The van der Waals surface area contributed by atoms with Crippen LogP contribution < -0.4 is 10.2 Å². The van der Waals surface area contributed by atoms with Crippen molar-refractivity contribution in [3.8, 4) is 0 Å². The first kappa shape index (κ1) is 19.3. The summed E-state index contributed by atoms with van der Waals surface area (Å²) in [5, 5.41) is 7.61. The third kappa shape index (κ3) is 3.95. The lowest BCUT2D eigenvalue weighted by Gasteiger charge is -2.23. The number of aryl methyl sites for hydroxylation is 2. The first-order valence-electron chi connectivity index (χ1n) is 9.26. The first-order chi connectivity index (χ1) is 12.8. The maximum absolute atomic E-state index is 12.3. The van der Waals surface area contributed by atoms with E-state index in [-0.39, 0.29) is 17.8 Å². The largest absolute Gasteiger partial charge is 0.364 e. The summed E-state index contributed by atoms with van der Waals surface area (Å²) in [6, 6.07) is 0.497. The third-order valence-corrected chi connectivity index (χ3v) is 5.19. The highest BCUT2D eigenvalue weighted by Gasteiger charge is 2.28. The fourth-order valence-electron chi connectivity index (χ4n) is 3.46. The molecule has 8 heteroatoms. The zero-order chi connectivity index (χ0) is 19.7. The van der Waals surface area contributed by atoms with Gasteiger partial charge in [0.25, 0.3) is 5.91 Å². The van der Waals surface area contributed by atoms with Crippen molar-refractivity contribution in [3.05, 3.63) is 34.6 Å². The standard InChI is InChI=1S/C19H28N6O2/c1-11-12(2)21-17(19(26)24(5)6)22-18(11)25-8-7-15(9-25)20-13(3)16-10-27-23-14(16)4/h10,13,15,20H,7-9H2,1-6H3/t13?,15-/m1/s1. The molecule has 3 rings (SSSR count). The predicted molar refractivity (Wildman–Crippen MR) is 103 cm³/mol. The number of anilines is 1. The summed E-state index contributed by atoms with van der Waals surface area (Å²) in [5.41, 5.74) is 3.87. The average Bonchev–Trinajstić information content (AvgIpc) is 3.25. The number of nitrogens with zero attached hydrogens (tertiary/aromatic N) is 5. The monoisotopic (exact) mass is 372 g/mol. The van der Waals surface area contributed by atoms with Crippen molar-refractivity contribution < 1.29 is 9.32 Å². The number of rotatable bonds is 5. The van der Waals surface area contributed by atoms with Crippen LogP contribution in [-0.4, -0.2) is 59.2 Å². The molecular formula is C19H28N6O2. The van der Waals surface area contributed by atoms with Crippen LogP contribution in [-0.2, 0) is 0 Å². The van der Waals surface area contributed by atoms with Crippen molar-refractivity contribution >= 4 is 11.7 Å². The molecule has 1 saturated heterocycles. The van der Waals surface area contributed by atoms with Gasteiger partial charge in [0.15, 0.2) is 0 Å². The molecule has 1 amide bonds. The summed E-state index contributed by atoms with van der Waals surface area (Å²) in [6.45, 7) is 9.74. The number of hydrogen-bond acceptors (Lipinski definition) is 7. The Morgan fingerprint density at radius 3 is 2.67 bits per heavy atom. The van der Waals surface area contributed by atoms with Crippen LogP contribution >= 0.6 is 0 Å². The molecule has 1 aliphatic rings. The minimum atomic E-state index is -0.176. The van der Waals surface area contributed by atoms with E-state index in [1.807, 2.05) is 20.8 Å². The van der Waals surface area contributed by atoms with Crippen molar-refractivity contribution in [1.29, 1.82) is 0 Å². The molecule has 0 aromatic carbocycles. The first-order valence-corrected chi connectivity index (χ1v) is 9.26. The number of carbonyl (C=O) groups excluding carboxylic acids is 1. The van der Waals surface area contributed by atoms with Crippen LogP contribution in [0.25, 0.3) is 0 Å². The normalized spacial score (nSPS) is 18.0. The Hall–Kier alpha value is -2.48. The van der Waals surface area contributed by atoms with Crippen LogP contribution in [0, 0.1) is 20.8 Å². The van der Waals surface area contributed by atoms with E-state index in [4.69, 9.17) is 4.52 Å². The zero-order valence-corrected chi connectivity index (χ0v) is 16.9. The number of carbonyl (C=O) groups is 1. The summed E-state index contributed by atoms with van der Waals surface area (Å²) >= 11 is 0. The Bertz CT molecular complexity index is 832.